The van der Waals surface area contributed by atoms with Crippen LogP contribution >= 0.6 is 0 Å². The molecule has 0 aliphatic heterocycles. The summed E-state index contributed by atoms with van der Waals surface area (Å²) in [6.45, 7) is 6.62. The van der Waals surface area contributed by atoms with Crippen molar-refractivity contribution in [3.05, 3.63) is 64.7 Å². The lowest BCUT2D eigenvalue weighted by atomic mass is 10.00. The van der Waals surface area contributed by atoms with E-state index in [1.165, 1.54) is 0 Å². The van der Waals surface area contributed by atoms with Gasteiger partial charge in [-0.15, -0.1) is 0 Å². The van der Waals surface area contributed by atoms with Crippen LogP contribution in [0.2, 0.25) is 0 Å². The van der Waals surface area contributed by atoms with E-state index in [9.17, 15) is 9.59 Å². The van der Waals surface area contributed by atoms with Gasteiger partial charge in [-0.3, -0.25) is 9.59 Å². The Bertz CT molecular complexity index is 831. The zero-order valence-corrected chi connectivity index (χ0v) is 16.4. The second kappa shape index (κ2) is 7.95. The molecule has 27 heavy (non-hydrogen) atoms. The summed E-state index contributed by atoms with van der Waals surface area (Å²) in [4.78, 5) is 25.8. The fraction of sp³-hybridized carbons (Fsp3) is 0.391. The highest BCUT2D eigenvalue weighted by Gasteiger charge is 2.56. The molecule has 0 heterocycles. The maximum absolute atomic E-state index is 13.0. The number of hydrogen-bond donors (Lipinski definition) is 2. The number of aryl methyl sites for hydroxylation is 3. The van der Waals surface area contributed by atoms with Crippen LogP contribution < -0.4 is 10.6 Å². The monoisotopic (exact) mass is 364 g/mol. The fourth-order valence-corrected chi connectivity index (χ4v) is 3.47. The van der Waals surface area contributed by atoms with Crippen molar-refractivity contribution in [1.29, 1.82) is 0 Å². The van der Waals surface area contributed by atoms with Gasteiger partial charge in [0.2, 0.25) is 11.8 Å². The maximum Gasteiger partial charge on any atom is 0.240 e. The summed E-state index contributed by atoms with van der Waals surface area (Å²) in [5, 5.41) is 6.04. The molecule has 1 saturated carbocycles. The molecular weight excluding hydrogens is 336 g/mol. The Hall–Kier alpha value is -2.62. The third-order valence-electron chi connectivity index (χ3n) is 5.56. The van der Waals surface area contributed by atoms with Crippen LogP contribution in [-0.4, -0.2) is 11.8 Å². The van der Waals surface area contributed by atoms with Crippen LogP contribution in [0, 0.1) is 12.3 Å². The van der Waals surface area contributed by atoms with Gasteiger partial charge in [0.05, 0.1) is 0 Å². The van der Waals surface area contributed by atoms with E-state index in [1.54, 1.807) is 0 Å². The SMILES string of the molecule is CCc1cccc(CC)c1NC(=O)C1(C(=O)NCc2ccccc2C)CC1. The minimum Gasteiger partial charge on any atom is -0.351 e. The van der Waals surface area contributed by atoms with Crippen molar-refractivity contribution >= 4 is 17.5 Å². The summed E-state index contributed by atoms with van der Waals surface area (Å²) >= 11 is 0. The van der Waals surface area contributed by atoms with Crippen molar-refractivity contribution < 1.29 is 9.59 Å². The number of amides is 2. The van der Waals surface area contributed by atoms with Crippen molar-refractivity contribution in [3.63, 3.8) is 0 Å². The van der Waals surface area contributed by atoms with E-state index in [-0.39, 0.29) is 11.8 Å². The predicted octanol–water partition coefficient (Wildman–Crippen LogP) is 4.15. The first kappa shape index (κ1) is 19.2. The summed E-state index contributed by atoms with van der Waals surface area (Å²) in [6.07, 6.45) is 2.90. The van der Waals surface area contributed by atoms with Gasteiger partial charge in [-0.2, -0.15) is 0 Å². The molecule has 1 aliphatic rings. The molecule has 0 atom stereocenters. The van der Waals surface area contributed by atoms with E-state index in [2.05, 4.69) is 24.5 Å². The van der Waals surface area contributed by atoms with Gasteiger partial charge < -0.3 is 10.6 Å². The highest BCUT2D eigenvalue weighted by atomic mass is 16.2. The summed E-state index contributed by atoms with van der Waals surface area (Å²) in [5.74, 6) is -0.351. The number of para-hydroxylation sites is 1. The molecule has 0 spiro atoms. The number of carbonyl (C=O) groups excluding carboxylic acids is 2. The van der Waals surface area contributed by atoms with E-state index >= 15 is 0 Å². The van der Waals surface area contributed by atoms with Crippen molar-refractivity contribution in [2.75, 3.05) is 5.32 Å². The van der Waals surface area contributed by atoms with Gasteiger partial charge >= 0.3 is 0 Å². The molecule has 0 radical (unpaired) electrons. The highest BCUT2D eigenvalue weighted by Crippen LogP contribution is 2.47. The van der Waals surface area contributed by atoms with Crippen LogP contribution in [0.5, 0.6) is 0 Å². The summed E-state index contributed by atoms with van der Waals surface area (Å²) in [7, 11) is 0. The number of carbonyl (C=O) groups is 2. The van der Waals surface area contributed by atoms with Crippen molar-refractivity contribution in [2.45, 2.75) is 53.0 Å². The summed E-state index contributed by atoms with van der Waals surface area (Å²) < 4.78 is 0. The zero-order valence-electron chi connectivity index (χ0n) is 16.4. The Kier molecular flexibility index (Phi) is 5.64. The standard InChI is InChI=1S/C23H28N2O2/c1-4-17-11-8-12-18(5-2)20(17)25-22(27)23(13-14-23)21(26)24-15-19-10-7-6-9-16(19)3/h6-12H,4-5,13-15H2,1-3H3,(H,24,26)(H,25,27). The lowest BCUT2D eigenvalue weighted by molar-refractivity contribution is -0.134. The Morgan fingerprint density at radius 3 is 2.04 bits per heavy atom. The molecule has 0 aromatic heterocycles. The molecule has 2 aromatic carbocycles. The number of anilines is 1. The summed E-state index contributed by atoms with van der Waals surface area (Å²) in [5.41, 5.74) is 4.39. The van der Waals surface area contributed by atoms with E-state index in [0.29, 0.717) is 19.4 Å². The second-order valence-electron chi connectivity index (χ2n) is 7.30. The molecule has 0 unspecified atom stereocenters. The maximum atomic E-state index is 13.0. The molecule has 0 bridgehead atoms. The number of benzene rings is 2. The van der Waals surface area contributed by atoms with Crippen molar-refractivity contribution in [3.8, 4) is 0 Å². The third-order valence-corrected chi connectivity index (χ3v) is 5.56. The van der Waals surface area contributed by atoms with E-state index in [1.807, 2.05) is 49.4 Å². The Balaban J connectivity index is 1.71. The smallest absolute Gasteiger partial charge is 0.240 e. The van der Waals surface area contributed by atoms with Crippen LogP contribution in [0.3, 0.4) is 0 Å². The summed E-state index contributed by atoms with van der Waals surface area (Å²) in [6, 6.07) is 14.1. The lowest BCUT2D eigenvalue weighted by Gasteiger charge is -2.19. The fourth-order valence-electron chi connectivity index (χ4n) is 3.47. The average Bonchev–Trinajstić information content (AvgIpc) is 3.49. The normalized spacial score (nSPS) is 14.5. The lowest BCUT2D eigenvalue weighted by Crippen LogP contribution is -2.40. The molecule has 2 amide bonds. The van der Waals surface area contributed by atoms with Gasteiger partial charge in [-0.25, -0.2) is 0 Å². The van der Waals surface area contributed by atoms with Crippen LogP contribution in [0.15, 0.2) is 42.5 Å². The largest absolute Gasteiger partial charge is 0.351 e. The Labute approximate surface area is 161 Å². The molecule has 1 fully saturated rings. The van der Waals surface area contributed by atoms with Gasteiger partial charge in [0, 0.05) is 12.2 Å². The number of rotatable bonds is 7. The van der Waals surface area contributed by atoms with E-state index in [0.717, 1.165) is 40.8 Å². The van der Waals surface area contributed by atoms with Gasteiger partial charge in [0.1, 0.15) is 5.41 Å². The Morgan fingerprint density at radius 1 is 0.889 bits per heavy atom. The first-order valence-electron chi connectivity index (χ1n) is 9.77. The predicted molar refractivity (Wildman–Crippen MR) is 109 cm³/mol. The van der Waals surface area contributed by atoms with Gasteiger partial charge in [0.15, 0.2) is 0 Å². The van der Waals surface area contributed by atoms with Crippen LogP contribution in [0.25, 0.3) is 0 Å². The minimum absolute atomic E-state index is 0.171. The molecular formula is C23H28N2O2. The van der Waals surface area contributed by atoms with Crippen LogP contribution in [0.1, 0.15) is 48.9 Å². The molecule has 2 N–H and O–H groups in total. The van der Waals surface area contributed by atoms with Gasteiger partial charge in [-0.1, -0.05) is 56.3 Å². The number of hydrogen-bond acceptors (Lipinski definition) is 2. The molecule has 4 nitrogen and oxygen atoms in total. The van der Waals surface area contributed by atoms with Gasteiger partial charge in [-0.05, 0) is 54.9 Å². The molecule has 3 rings (SSSR count). The van der Waals surface area contributed by atoms with Crippen molar-refractivity contribution in [1.82, 2.24) is 5.32 Å². The van der Waals surface area contributed by atoms with Crippen LogP contribution in [0.4, 0.5) is 5.69 Å². The number of nitrogens with one attached hydrogen (secondary N) is 2. The van der Waals surface area contributed by atoms with Crippen LogP contribution in [-0.2, 0) is 29.0 Å². The zero-order chi connectivity index (χ0) is 19.4. The average molecular weight is 364 g/mol. The molecule has 4 heteroatoms. The quantitative estimate of drug-likeness (QED) is 0.725. The van der Waals surface area contributed by atoms with E-state index in [4.69, 9.17) is 0 Å². The third kappa shape index (κ3) is 3.90. The topological polar surface area (TPSA) is 58.2 Å². The molecule has 2 aromatic rings. The minimum atomic E-state index is -0.922. The first-order chi connectivity index (χ1) is 13.0. The second-order valence-corrected chi connectivity index (χ2v) is 7.30. The van der Waals surface area contributed by atoms with Gasteiger partial charge in [0.25, 0.3) is 0 Å². The molecule has 142 valence electrons. The molecule has 0 saturated heterocycles. The first-order valence-corrected chi connectivity index (χ1v) is 9.77. The highest BCUT2D eigenvalue weighted by molar-refractivity contribution is 6.13. The molecule has 1 aliphatic carbocycles. The van der Waals surface area contributed by atoms with E-state index < -0.39 is 5.41 Å². The van der Waals surface area contributed by atoms with Crippen molar-refractivity contribution in [2.24, 2.45) is 5.41 Å². The Morgan fingerprint density at radius 2 is 1.48 bits per heavy atom.